The molecule has 0 saturated heterocycles. The van der Waals surface area contributed by atoms with Crippen LogP contribution in [0.15, 0.2) is 18.5 Å². The third-order valence-electron chi connectivity index (χ3n) is 2.69. The molecule has 0 aliphatic heterocycles. The van der Waals surface area contributed by atoms with Crippen molar-refractivity contribution in [1.29, 1.82) is 0 Å². The molecule has 0 aliphatic carbocycles. The van der Waals surface area contributed by atoms with E-state index in [1.165, 1.54) is 6.20 Å². The van der Waals surface area contributed by atoms with Crippen LogP contribution in [0, 0.1) is 12.3 Å². The topological polar surface area (TPSA) is 99.9 Å². The molecule has 2 rings (SSSR count). The van der Waals surface area contributed by atoms with E-state index in [1.54, 1.807) is 12.3 Å². The van der Waals surface area contributed by atoms with Gasteiger partial charge in [-0.05, 0) is 5.92 Å². The van der Waals surface area contributed by atoms with E-state index in [9.17, 15) is 0 Å². The van der Waals surface area contributed by atoms with Gasteiger partial charge in [0.05, 0.1) is 6.20 Å². The average molecular weight is 285 g/mol. The van der Waals surface area contributed by atoms with E-state index >= 15 is 0 Å². The van der Waals surface area contributed by atoms with Crippen LogP contribution in [-0.2, 0) is 0 Å². The van der Waals surface area contributed by atoms with E-state index in [0.717, 1.165) is 5.56 Å². The summed E-state index contributed by atoms with van der Waals surface area (Å²) in [5.74, 6) is 3.87. The minimum Gasteiger partial charge on any atom is -0.451 e. The molecule has 0 aliphatic rings. The normalized spacial score (nSPS) is 9.81. The van der Waals surface area contributed by atoms with Gasteiger partial charge in [-0.2, -0.15) is 4.98 Å². The molecule has 0 amide bonds. The monoisotopic (exact) mass is 285 g/mol. The Morgan fingerprint density at radius 1 is 1.19 bits per heavy atom. The third-order valence-corrected chi connectivity index (χ3v) is 2.69. The van der Waals surface area contributed by atoms with E-state index in [1.807, 2.05) is 13.8 Å². The molecule has 21 heavy (non-hydrogen) atoms. The summed E-state index contributed by atoms with van der Waals surface area (Å²) in [6.45, 7) is 4.06. The highest BCUT2D eigenvalue weighted by atomic mass is 16.5. The van der Waals surface area contributed by atoms with Gasteiger partial charge in [-0.15, -0.1) is 6.42 Å². The van der Waals surface area contributed by atoms with Crippen molar-refractivity contribution in [2.24, 2.45) is 0 Å². The Morgan fingerprint density at radius 3 is 2.48 bits per heavy atom. The molecule has 2 aromatic heterocycles. The lowest BCUT2D eigenvalue weighted by atomic mass is 10.0. The number of hydrogen-bond acceptors (Lipinski definition) is 6. The number of aromatic nitrogens is 3. The Morgan fingerprint density at radius 2 is 1.90 bits per heavy atom. The molecule has 2 heterocycles. The fraction of sp³-hybridized carbons (Fsp3) is 0.267. The number of nitrogen functional groups attached to an aromatic ring is 2. The summed E-state index contributed by atoms with van der Waals surface area (Å²) in [6.07, 6.45) is 8.48. The highest BCUT2D eigenvalue weighted by molar-refractivity contribution is 5.51. The molecular formula is C15H19N5O. The molecular weight excluding hydrogens is 266 g/mol. The number of rotatable bonds is 3. The molecule has 0 spiro atoms. The van der Waals surface area contributed by atoms with E-state index in [0.29, 0.717) is 17.2 Å². The molecule has 6 nitrogen and oxygen atoms in total. The van der Waals surface area contributed by atoms with Crippen LogP contribution in [0.5, 0.6) is 11.5 Å². The van der Waals surface area contributed by atoms with Crippen molar-refractivity contribution in [3.8, 4) is 23.8 Å². The molecule has 0 atom stereocenters. The summed E-state index contributed by atoms with van der Waals surface area (Å²) >= 11 is 0. The van der Waals surface area contributed by atoms with Crippen LogP contribution in [0.2, 0.25) is 0 Å². The summed E-state index contributed by atoms with van der Waals surface area (Å²) in [4.78, 5) is 11.9. The van der Waals surface area contributed by atoms with Crippen molar-refractivity contribution in [3.05, 3.63) is 29.7 Å². The largest absolute Gasteiger partial charge is 0.451 e. The van der Waals surface area contributed by atoms with Gasteiger partial charge >= 0.3 is 0 Å². The van der Waals surface area contributed by atoms with E-state index in [-0.39, 0.29) is 25.1 Å². The van der Waals surface area contributed by atoms with Crippen molar-refractivity contribution < 1.29 is 4.74 Å². The Bertz CT molecular complexity index is 676. The second-order valence-electron chi connectivity index (χ2n) is 4.49. The van der Waals surface area contributed by atoms with Gasteiger partial charge in [0.25, 0.3) is 0 Å². The summed E-state index contributed by atoms with van der Waals surface area (Å²) in [6, 6.07) is 1.69. The lowest BCUT2D eigenvalue weighted by Gasteiger charge is -2.14. The molecule has 0 unspecified atom stereocenters. The fourth-order valence-electron chi connectivity index (χ4n) is 1.64. The van der Waals surface area contributed by atoms with Gasteiger partial charge in [-0.3, -0.25) is 0 Å². The van der Waals surface area contributed by atoms with Gasteiger partial charge in [0.15, 0.2) is 11.6 Å². The van der Waals surface area contributed by atoms with Crippen LogP contribution < -0.4 is 16.2 Å². The molecule has 110 valence electrons. The molecule has 2 aromatic rings. The average Bonchev–Trinajstić information content (AvgIpc) is 2.41. The smallest absolute Gasteiger partial charge is 0.222 e. The summed E-state index contributed by atoms with van der Waals surface area (Å²) in [5, 5.41) is 0. The third kappa shape index (κ3) is 3.60. The number of hydrogen-bond donors (Lipinski definition) is 2. The zero-order valence-electron chi connectivity index (χ0n) is 11.3. The predicted octanol–water partition coefficient (Wildman–Crippen LogP) is 2.57. The van der Waals surface area contributed by atoms with Crippen molar-refractivity contribution in [3.63, 3.8) is 0 Å². The molecule has 0 fully saturated rings. The minimum atomic E-state index is 0. The summed E-state index contributed by atoms with van der Waals surface area (Å²) in [7, 11) is 0. The van der Waals surface area contributed by atoms with E-state index < -0.39 is 0 Å². The summed E-state index contributed by atoms with van der Waals surface area (Å²) < 4.78 is 5.76. The van der Waals surface area contributed by atoms with Crippen molar-refractivity contribution in [2.75, 3.05) is 11.5 Å². The van der Waals surface area contributed by atoms with Crippen LogP contribution in [0.25, 0.3) is 0 Å². The lowest BCUT2D eigenvalue weighted by Crippen LogP contribution is -2.03. The number of terminal acetylenes is 1. The lowest BCUT2D eigenvalue weighted by molar-refractivity contribution is 0.470. The minimum absolute atomic E-state index is 0. The molecule has 0 bridgehead atoms. The van der Waals surface area contributed by atoms with Gasteiger partial charge in [0.2, 0.25) is 5.95 Å². The van der Waals surface area contributed by atoms with Crippen molar-refractivity contribution >= 4 is 11.8 Å². The first kappa shape index (κ1) is 16.2. The quantitative estimate of drug-likeness (QED) is 0.841. The maximum Gasteiger partial charge on any atom is 0.222 e. The number of nitrogens with zero attached hydrogens (tertiary/aromatic N) is 3. The molecule has 0 radical (unpaired) electrons. The van der Waals surface area contributed by atoms with Gasteiger partial charge in [-0.1, -0.05) is 27.2 Å². The van der Waals surface area contributed by atoms with E-state index in [4.69, 9.17) is 22.6 Å². The summed E-state index contributed by atoms with van der Waals surface area (Å²) in [5.41, 5.74) is 12.6. The first-order chi connectivity index (χ1) is 9.51. The highest BCUT2D eigenvalue weighted by Crippen LogP contribution is 2.32. The van der Waals surface area contributed by atoms with Crippen LogP contribution >= 0.6 is 0 Å². The van der Waals surface area contributed by atoms with Gasteiger partial charge in [0.1, 0.15) is 11.4 Å². The second-order valence-corrected chi connectivity index (χ2v) is 4.49. The van der Waals surface area contributed by atoms with Gasteiger partial charge in [0, 0.05) is 17.8 Å². The number of anilines is 2. The zero-order valence-corrected chi connectivity index (χ0v) is 11.3. The maximum absolute atomic E-state index is 5.76. The maximum atomic E-state index is 5.76. The van der Waals surface area contributed by atoms with E-state index in [2.05, 4.69) is 20.9 Å². The zero-order chi connectivity index (χ0) is 14.7. The highest BCUT2D eigenvalue weighted by Gasteiger charge is 2.13. The molecule has 0 saturated carbocycles. The van der Waals surface area contributed by atoms with Crippen molar-refractivity contribution in [1.82, 2.24) is 15.0 Å². The van der Waals surface area contributed by atoms with Crippen LogP contribution in [0.4, 0.5) is 11.8 Å². The van der Waals surface area contributed by atoms with Crippen LogP contribution in [0.3, 0.4) is 0 Å². The van der Waals surface area contributed by atoms with Gasteiger partial charge in [-0.25, -0.2) is 9.97 Å². The number of ether oxygens (including phenoxy) is 1. The Kier molecular flexibility index (Phi) is 5.08. The van der Waals surface area contributed by atoms with Crippen LogP contribution in [0.1, 0.15) is 38.4 Å². The Hall–Kier alpha value is -2.81. The first-order valence-electron chi connectivity index (χ1n) is 6.03. The van der Waals surface area contributed by atoms with Crippen LogP contribution in [-0.4, -0.2) is 15.0 Å². The Balaban J connectivity index is 0.00000220. The first-order valence-corrected chi connectivity index (χ1v) is 6.03. The molecule has 6 heteroatoms. The SMILES string of the molecule is C.C#Cc1cc(Oc2cnc(N)nc2N)c(C(C)C)cn1. The number of nitrogens with two attached hydrogens (primary N) is 2. The molecule has 0 aromatic carbocycles. The standard InChI is InChI=1S/C14H15N5O.CH4/c1-4-9-5-11(10(6-17-9)8(2)3)20-12-7-18-14(16)19-13(12)15;/h1,5-8H,2-3H3,(H4,15,16,18,19);1H4. The predicted molar refractivity (Wildman–Crippen MR) is 83.9 cm³/mol. The molecule has 4 N–H and O–H groups in total. The van der Waals surface area contributed by atoms with Crippen molar-refractivity contribution in [2.45, 2.75) is 27.2 Å². The fourth-order valence-corrected chi connectivity index (χ4v) is 1.64. The number of pyridine rings is 1. The van der Waals surface area contributed by atoms with Gasteiger partial charge < -0.3 is 16.2 Å². The second kappa shape index (κ2) is 6.57. The Labute approximate surface area is 124 Å².